The fourth-order valence-corrected chi connectivity index (χ4v) is 3.07. The normalized spacial score (nSPS) is 14.6. The fraction of sp³-hybridized carbons (Fsp3) is 0.278. The van der Waals surface area contributed by atoms with Gasteiger partial charge in [0, 0.05) is 48.6 Å². The minimum atomic E-state index is -0.0498. The number of carbonyl (C=O) groups excluding carboxylic acids is 2. The summed E-state index contributed by atoms with van der Waals surface area (Å²) in [6.45, 7) is 4.14. The molecule has 0 spiro atoms. The molecular formula is C18H18BrN3O2. The highest BCUT2D eigenvalue weighted by Crippen LogP contribution is 2.14. The first-order valence-electron chi connectivity index (χ1n) is 7.80. The molecule has 2 amide bonds. The van der Waals surface area contributed by atoms with E-state index in [2.05, 4.69) is 20.9 Å². The lowest BCUT2D eigenvalue weighted by atomic mass is 10.1. The Morgan fingerprint density at radius 1 is 0.917 bits per heavy atom. The van der Waals surface area contributed by atoms with Crippen LogP contribution in [0.2, 0.25) is 0 Å². The molecule has 0 aliphatic carbocycles. The number of rotatable bonds is 2. The highest BCUT2D eigenvalue weighted by molar-refractivity contribution is 9.10. The van der Waals surface area contributed by atoms with Crippen molar-refractivity contribution in [3.63, 3.8) is 0 Å². The number of hydrogen-bond acceptors (Lipinski definition) is 3. The average molecular weight is 388 g/mol. The van der Waals surface area contributed by atoms with Crippen LogP contribution in [0.3, 0.4) is 0 Å². The number of nitrogens with zero attached hydrogens (tertiary/aromatic N) is 3. The number of benzene rings is 1. The molecule has 1 aliphatic rings. The van der Waals surface area contributed by atoms with Gasteiger partial charge in [0.05, 0.1) is 5.56 Å². The van der Waals surface area contributed by atoms with Crippen LogP contribution in [-0.2, 0) is 0 Å². The Kier molecular flexibility index (Phi) is 4.94. The molecule has 0 unspecified atom stereocenters. The van der Waals surface area contributed by atoms with Crippen molar-refractivity contribution in [3.8, 4) is 0 Å². The number of aromatic nitrogens is 1. The zero-order valence-electron chi connectivity index (χ0n) is 13.4. The SMILES string of the molecule is Cc1ccc(C(=O)N2CCN(C(=O)c3cncc(Br)c3)CC2)cc1. The summed E-state index contributed by atoms with van der Waals surface area (Å²) in [5, 5.41) is 0. The van der Waals surface area contributed by atoms with Crippen LogP contribution in [0.5, 0.6) is 0 Å². The van der Waals surface area contributed by atoms with Crippen molar-refractivity contribution in [3.05, 3.63) is 63.9 Å². The number of pyridine rings is 1. The molecule has 3 rings (SSSR count). The van der Waals surface area contributed by atoms with Gasteiger partial charge in [-0.05, 0) is 41.1 Å². The van der Waals surface area contributed by atoms with Crippen molar-refractivity contribution in [2.45, 2.75) is 6.92 Å². The van der Waals surface area contributed by atoms with Crippen LogP contribution in [-0.4, -0.2) is 52.8 Å². The molecule has 2 heterocycles. The molecule has 0 bridgehead atoms. The van der Waals surface area contributed by atoms with E-state index in [0.29, 0.717) is 37.3 Å². The van der Waals surface area contributed by atoms with E-state index in [0.717, 1.165) is 10.0 Å². The molecule has 6 heteroatoms. The first-order chi connectivity index (χ1) is 11.5. The second-order valence-corrected chi connectivity index (χ2v) is 6.76. The summed E-state index contributed by atoms with van der Waals surface area (Å²) >= 11 is 3.33. The fourth-order valence-electron chi connectivity index (χ4n) is 2.70. The molecule has 1 aromatic heterocycles. The Balaban J connectivity index is 1.62. The molecule has 1 aromatic carbocycles. The van der Waals surface area contributed by atoms with E-state index < -0.39 is 0 Å². The lowest BCUT2D eigenvalue weighted by Crippen LogP contribution is -2.50. The maximum atomic E-state index is 12.5. The number of halogens is 1. The van der Waals surface area contributed by atoms with Gasteiger partial charge < -0.3 is 9.80 Å². The molecule has 0 atom stereocenters. The standard InChI is InChI=1S/C18H18BrN3O2/c1-13-2-4-14(5-3-13)17(23)21-6-8-22(9-7-21)18(24)15-10-16(19)12-20-11-15/h2-5,10-12H,6-9H2,1H3. The Labute approximate surface area is 149 Å². The minimum Gasteiger partial charge on any atom is -0.335 e. The predicted molar refractivity (Wildman–Crippen MR) is 94.9 cm³/mol. The second-order valence-electron chi connectivity index (χ2n) is 5.84. The van der Waals surface area contributed by atoms with Crippen molar-refractivity contribution in [1.29, 1.82) is 0 Å². The van der Waals surface area contributed by atoms with Crippen LogP contribution in [0.4, 0.5) is 0 Å². The molecule has 0 radical (unpaired) electrons. The van der Waals surface area contributed by atoms with Gasteiger partial charge in [0.2, 0.25) is 0 Å². The van der Waals surface area contributed by atoms with E-state index in [1.807, 2.05) is 31.2 Å². The summed E-state index contributed by atoms with van der Waals surface area (Å²) in [6.07, 6.45) is 3.21. The van der Waals surface area contributed by atoms with Gasteiger partial charge in [-0.1, -0.05) is 17.7 Å². The maximum Gasteiger partial charge on any atom is 0.255 e. The molecule has 0 saturated carbocycles. The summed E-state index contributed by atoms with van der Waals surface area (Å²) in [4.78, 5) is 32.6. The van der Waals surface area contributed by atoms with Crippen molar-refractivity contribution < 1.29 is 9.59 Å². The number of amides is 2. The molecule has 124 valence electrons. The largest absolute Gasteiger partial charge is 0.335 e. The lowest BCUT2D eigenvalue weighted by molar-refractivity contribution is 0.0535. The third-order valence-electron chi connectivity index (χ3n) is 4.10. The molecule has 1 fully saturated rings. The van der Waals surface area contributed by atoms with E-state index >= 15 is 0 Å². The molecule has 24 heavy (non-hydrogen) atoms. The van der Waals surface area contributed by atoms with Crippen LogP contribution in [0.1, 0.15) is 26.3 Å². The van der Waals surface area contributed by atoms with Gasteiger partial charge in [-0.15, -0.1) is 0 Å². The van der Waals surface area contributed by atoms with Gasteiger partial charge in [-0.25, -0.2) is 0 Å². The van der Waals surface area contributed by atoms with Crippen molar-refractivity contribution in [2.24, 2.45) is 0 Å². The van der Waals surface area contributed by atoms with E-state index in [9.17, 15) is 9.59 Å². The van der Waals surface area contributed by atoms with Crippen LogP contribution in [0.25, 0.3) is 0 Å². The summed E-state index contributed by atoms with van der Waals surface area (Å²) in [7, 11) is 0. The lowest BCUT2D eigenvalue weighted by Gasteiger charge is -2.34. The molecule has 1 aliphatic heterocycles. The van der Waals surface area contributed by atoms with Crippen LogP contribution < -0.4 is 0 Å². The van der Waals surface area contributed by atoms with Gasteiger partial charge in [0.15, 0.2) is 0 Å². The third kappa shape index (κ3) is 3.64. The predicted octanol–water partition coefficient (Wildman–Crippen LogP) is 2.75. The van der Waals surface area contributed by atoms with E-state index in [-0.39, 0.29) is 11.8 Å². The second kappa shape index (κ2) is 7.13. The Morgan fingerprint density at radius 3 is 2.00 bits per heavy atom. The molecular weight excluding hydrogens is 370 g/mol. The Hall–Kier alpha value is -2.21. The Bertz CT molecular complexity index is 753. The van der Waals surface area contributed by atoms with E-state index in [4.69, 9.17) is 0 Å². The average Bonchev–Trinajstić information content (AvgIpc) is 2.61. The number of piperazine rings is 1. The first kappa shape index (κ1) is 16.6. The van der Waals surface area contributed by atoms with Crippen molar-refractivity contribution in [1.82, 2.24) is 14.8 Å². The van der Waals surface area contributed by atoms with Gasteiger partial charge in [-0.2, -0.15) is 0 Å². The molecule has 5 nitrogen and oxygen atoms in total. The quantitative estimate of drug-likeness (QED) is 0.795. The van der Waals surface area contributed by atoms with Gasteiger partial charge >= 0.3 is 0 Å². The summed E-state index contributed by atoms with van der Waals surface area (Å²) < 4.78 is 0.779. The zero-order chi connectivity index (χ0) is 17.1. The summed E-state index contributed by atoms with van der Waals surface area (Å²) in [5.74, 6) is -0.0301. The third-order valence-corrected chi connectivity index (χ3v) is 4.54. The monoisotopic (exact) mass is 387 g/mol. The molecule has 2 aromatic rings. The van der Waals surface area contributed by atoms with Crippen LogP contribution in [0.15, 0.2) is 47.2 Å². The number of aryl methyl sites for hydroxylation is 1. The summed E-state index contributed by atoms with van der Waals surface area (Å²) in [6, 6.07) is 9.34. The first-order valence-corrected chi connectivity index (χ1v) is 8.59. The van der Waals surface area contributed by atoms with Crippen molar-refractivity contribution >= 4 is 27.7 Å². The minimum absolute atomic E-state index is 0.0196. The summed E-state index contributed by atoms with van der Waals surface area (Å²) in [5.41, 5.74) is 2.38. The van der Waals surface area contributed by atoms with E-state index in [1.54, 1.807) is 28.3 Å². The highest BCUT2D eigenvalue weighted by Gasteiger charge is 2.25. The Morgan fingerprint density at radius 2 is 1.46 bits per heavy atom. The maximum absolute atomic E-state index is 12.5. The highest BCUT2D eigenvalue weighted by atomic mass is 79.9. The zero-order valence-corrected chi connectivity index (χ0v) is 15.0. The van der Waals surface area contributed by atoms with Crippen molar-refractivity contribution in [2.75, 3.05) is 26.2 Å². The van der Waals surface area contributed by atoms with Gasteiger partial charge in [-0.3, -0.25) is 14.6 Å². The van der Waals surface area contributed by atoms with E-state index in [1.165, 1.54) is 0 Å². The van der Waals surface area contributed by atoms with Crippen LogP contribution >= 0.6 is 15.9 Å². The molecule has 1 saturated heterocycles. The topological polar surface area (TPSA) is 53.5 Å². The van der Waals surface area contributed by atoms with Gasteiger partial charge in [0.1, 0.15) is 0 Å². The smallest absolute Gasteiger partial charge is 0.255 e. The number of carbonyl (C=O) groups is 2. The van der Waals surface area contributed by atoms with Crippen LogP contribution in [0, 0.1) is 6.92 Å². The van der Waals surface area contributed by atoms with Gasteiger partial charge in [0.25, 0.3) is 11.8 Å². The molecule has 0 N–H and O–H groups in total. The number of hydrogen-bond donors (Lipinski definition) is 0.